The summed E-state index contributed by atoms with van der Waals surface area (Å²) in [5, 5.41) is 14.0. The van der Waals surface area contributed by atoms with E-state index in [1.54, 1.807) is 18.2 Å². The lowest BCUT2D eigenvalue weighted by Crippen LogP contribution is -2.51. The molecule has 15 nitrogen and oxygen atoms in total. The molecule has 366 valence electrons. The maximum Gasteiger partial charge on any atom is 0.419 e. The molecule has 7 rings (SSSR count). The number of aromatic nitrogens is 1. The SMILES string of the molecule is C=C1CCC(N2C(=O)c3cccc(OCC(=O)NCCCCCCN4CCC(c5cc(OC(C)C)c(Nc6cc(Nc7ccccc7C(=O)NC)c(C(F)(F)F)cn6)cc5C)CC4)c3C2=O)C(=O)N1. The maximum absolute atomic E-state index is 14.2. The number of para-hydroxylation sites is 1. The largest absolute Gasteiger partial charge is 0.489 e. The van der Waals surface area contributed by atoms with Gasteiger partial charge >= 0.3 is 6.18 Å². The van der Waals surface area contributed by atoms with E-state index in [0.717, 1.165) is 80.4 Å². The Balaban J connectivity index is 0.858. The van der Waals surface area contributed by atoms with Gasteiger partial charge in [0.25, 0.3) is 23.6 Å². The zero-order chi connectivity index (χ0) is 49.4. The number of allylic oxidation sites excluding steroid dienone is 1. The van der Waals surface area contributed by atoms with E-state index >= 15 is 0 Å². The standard InChI is InChI=1S/C51H59F3N8O7/c1-30(2)69-43-26-36(31(3)25-40(43)60-44-27-39(37(28-57-44)51(52,53)54)59-38-15-9-8-13-34(38)47(64)55-5)33-19-23-61(24-20-33)22-11-7-6-10-21-56-45(63)29-68-42-16-12-14-35-46(42)50(67)62(49(35)66)41-18-17-32(4)58-48(41)65/h8-9,12-16,25-28,30,33,41H,4,6-7,10-11,17-24,29H2,1-3,5H3,(H,55,64)(H,56,63)(H,58,65)(H2,57,59,60). The lowest BCUT2D eigenvalue weighted by atomic mass is 9.86. The van der Waals surface area contributed by atoms with Gasteiger partial charge in [0.05, 0.1) is 45.4 Å². The summed E-state index contributed by atoms with van der Waals surface area (Å²) in [4.78, 5) is 71.8. The molecule has 18 heteroatoms. The number of nitrogens with one attached hydrogen (secondary N) is 5. The van der Waals surface area contributed by atoms with Crippen molar-refractivity contribution in [1.82, 2.24) is 30.7 Å². The van der Waals surface area contributed by atoms with Gasteiger partial charge in [-0.05, 0) is 132 Å². The molecular weight excluding hydrogens is 894 g/mol. The highest BCUT2D eigenvalue weighted by atomic mass is 19.4. The van der Waals surface area contributed by atoms with E-state index in [1.165, 1.54) is 37.4 Å². The number of amides is 5. The number of carbonyl (C=O) groups is 5. The molecule has 5 amide bonds. The van der Waals surface area contributed by atoms with Gasteiger partial charge in [-0.1, -0.05) is 37.6 Å². The lowest BCUT2D eigenvalue weighted by molar-refractivity contribution is -0.137. The molecule has 1 unspecified atom stereocenters. The van der Waals surface area contributed by atoms with E-state index in [0.29, 0.717) is 36.0 Å². The van der Waals surface area contributed by atoms with Gasteiger partial charge in [0, 0.05) is 31.6 Å². The van der Waals surface area contributed by atoms with E-state index in [9.17, 15) is 37.1 Å². The second-order valence-corrected chi connectivity index (χ2v) is 17.8. The van der Waals surface area contributed by atoms with Crippen LogP contribution in [0.25, 0.3) is 0 Å². The van der Waals surface area contributed by atoms with Crippen molar-refractivity contribution in [3.8, 4) is 11.5 Å². The van der Waals surface area contributed by atoms with Crippen molar-refractivity contribution < 1.29 is 46.6 Å². The number of pyridine rings is 1. The fourth-order valence-electron chi connectivity index (χ4n) is 9.04. The van der Waals surface area contributed by atoms with Gasteiger partial charge in [-0.25, -0.2) is 4.98 Å². The number of hydrogen-bond acceptors (Lipinski definition) is 11. The van der Waals surface area contributed by atoms with E-state index in [2.05, 4.69) is 43.0 Å². The molecule has 2 saturated heterocycles. The van der Waals surface area contributed by atoms with E-state index in [4.69, 9.17) is 9.47 Å². The molecule has 0 radical (unpaired) electrons. The monoisotopic (exact) mass is 952 g/mol. The fourth-order valence-corrected chi connectivity index (χ4v) is 9.04. The quantitative estimate of drug-likeness (QED) is 0.0450. The average molecular weight is 953 g/mol. The van der Waals surface area contributed by atoms with Gasteiger partial charge in [-0.3, -0.25) is 28.9 Å². The molecule has 1 atom stereocenters. The van der Waals surface area contributed by atoms with Crippen LogP contribution >= 0.6 is 0 Å². The second kappa shape index (κ2) is 22.0. The van der Waals surface area contributed by atoms with Gasteiger partial charge in [0.1, 0.15) is 23.4 Å². The third kappa shape index (κ3) is 12.0. The summed E-state index contributed by atoms with van der Waals surface area (Å²) in [6.45, 7) is 12.6. The molecular formula is C51H59F3N8O7. The predicted octanol–water partition coefficient (Wildman–Crippen LogP) is 8.37. The van der Waals surface area contributed by atoms with Crippen molar-refractivity contribution in [1.29, 1.82) is 0 Å². The van der Waals surface area contributed by atoms with Crippen LogP contribution in [0.4, 0.5) is 36.1 Å². The van der Waals surface area contributed by atoms with E-state index in [1.807, 2.05) is 32.9 Å². The van der Waals surface area contributed by atoms with Gasteiger partial charge in [0.2, 0.25) is 5.91 Å². The van der Waals surface area contributed by atoms with Gasteiger partial charge < -0.3 is 41.0 Å². The Bertz CT molecular complexity index is 2590. The number of ether oxygens (including phenoxy) is 2. The Labute approximate surface area is 399 Å². The number of rotatable bonds is 19. The van der Waals surface area contributed by atoms with Gasteiger partial charge in [-0.15, -0.1) is 0 Å². The number of benzene rings is 3. The Morgan fingerprint density at radius 1 is 0.899 bits per heavy atom. The van der Waals surface area contributed by atoms with Crippen molar-refractivity contribution in [3.63, 3.8) is 0 Å². The van der Waals surface area contributed by atoms with Crippen LogP contribution in [0.1, 0.15) is 119 Å². The van der Waals surface area contributed by atoms with Crippen molar-refractivity contribution >= 4 is 52.4 Å². The molecule has 3 aromatic carbocycles. The van der Waals surface area contributed by atoms with E-state index < -0.39 is 41.4 Å². The lowest BCUT2D eigenvalue weighted by Gasteiger charge is -2.33. The molecule has 3 aliphatic heterocycles. The fraction of sp³-hybridized carbons (Fsp3) is 0.412. The van der Waals surface area contributed by atoms with Crippen LogP contribution in [0.15, 0.2) is 79.1 Å². The minimum atomic E-state index is -4.71. The molecule has 0 spiro atoms. The number of aryl methyl sites for hydroxylation is 1. The number of imide groups is 1. The first-order chi connectivity index (χ1) is 33.0. The Morgan fingerprint density at radius 3 is 2.38 bits per heavy atom. The molecule has 0 saturated carbocycles. The highest BCUT2D eigenvalue weighted by molar-refractivity contribution is 6.24. The van der Waals surface area contributed by atoms with Crippen LogP contribution in [0.2, 0.25) is 0 Å². The summed E-state index contributed by atoms with van der Waals surface area (Å²) in [6, 6.07) is 15.3. The highest BCUT2D eigenvalue weighted by Gasteiger charge is 2.45. The number of fused-ring (bicyclic) bond motifs is 1. The first-order valence-corrected chi connectivity index (χ1v) is 23.4. The second-order valence-electron chi connectivity index (χ2n) is 17.8. The van der Waals surface area contributed by atoms with Gasteiger partial charge in [0.15, 0.2) is 6.61 Å². The molecule has 4 aromatic rings. The third-order valence-corrected chi connectivity index (χ3v) is 12.5. The number of hydrogen-bond donors (Lipinski definition) is 5. The molecule has 0 bridgehead atoms. The molecule has 4 heterocycles. The van der Waals surface area contributed by atoms with Crippen LogP contribution in [0.5, 0.6) is 11.5 Å². The van der Waals surface area contributed by atoms with Crippen molar-refractivity contribution in [2.45, 2.75) is 96.4 Å². The summed E-state index contributed by atoms with van der Waals surface area (Å²) in [6.07, 6.45) is 2.27. The molecule has 2 fully saturated rings. The van der Waals surface area contributed by atoms with Crippen molar-refractivity contribution in [3.05, 3.63) is 113 Å². The van der Waals surface area contributed by atoms with Crippen molar-refractivity contribution in [2.75, 3.05) is 50.5 Å². The number of anilines is 4. The first-order valence-electron chi connectivity index (χ1n) is 23.4. The van der Waals surface area contributed by atoms with Crippen LogP contribution in [0, 0.1) is 6.92 Å². The first kappa shape index (κ1) is 49.9. The number of carbonyl (C=O) groups excluding carboxylic acids is 5. The Kier molecular flexibility index (Phi) is 15.9. The molecule has 69 heavy (non-hydrogen) atoms. The van der Waals surface area contributed by atoms with Crippen LogP contribution in [0.3, 0.4) is 0 Å². The number of unbranched alkanes of at least 4 members (excludes halogenated alkanes) is 3. The minimum absolute atomic E-state index is 0.0491. The number of nitrogens with zero attached hydrogens (tertiary/aromatic N) is 3. The Morgan fingerprint density at radius 2 is 1.65 bits per heavy atom. The van der Waals surface area contributed by atoms with Crippen LogP contribution < -0.4 is 36.1 Å². The molecule has 1 aromatic heterocycles. The minimum Gasteiger partial charge on any atom is -0.489 e. The third-order valence-electron chi connectivity index (χ3n) is 12.5. The molecule has 5 N–H and O–H groups in total. The number of halogens is 3. The zero-order valence-corrected chi connectivity index (χ0v) is 39.3. The smallest absolute Gasteiger partial charge is 0.419 e. The molecule has 3 aliphatic rings. The summed E-state index contributed by atoms with van der Waals surface area (Å²) >= 11 is 0. The highest BCUT2D eigenvalue weighted by Crippen LogP contribution is 2.41. The Hall–Kier alpha value is -6.95. The predicted molar refractivity (Wildman–Crippen MR) is 255 cm³/mol. The zero-order valence-electron chi connectivity index (χ0n) is 39.3. The van der Waals surface area contributed by atoms with Crippen molar-refractivity contribution in [2.24, 2.45) is 0 Å². The van der Waals surface area contributed by atoms with Gasteiger partial charge in [-0.2, -0.15) is 13.2 Å². The van der Waals surface area contributed by atoms with Crippen LogP contribution in [-0.4, -0.2) is 96.3 Å². The average Bonchev–Trinajstić information content (AvgIpc) is 3.57. The van der Waals surface area contributed by atoms with E-state index in [-0.39, 0.29) is 64.7 Å². The summed E-state index contributed by atoms with van der Waals surface area (Å²) in [5.74, 6) is -1.31. The number of likely N-dealkylation sites (tertiary alicyclic amines) is 1. The summed E-state index contributed by atoms with van der Waals surface area (Å²) in [7, 11) is 1.45. The summed E-state index contributed by atoms with van der Waals surface area (Å²) < 4.78 is 54.6. The van der Waals surface area contributed by atoms with Crippen LogP contribution in [-0.2, 0) is 15.8 Å². The topological polar surface area (TPSA) is 183 Å². The maximum atomic E-state index is 14.2. The normalized spacial score (nSPS) is 16.6. The molecule has 0 aliphatic carbocycles. The summed E-state index contributed by atoms with van der Waals surface area (Å²) in [5.41, 5.74) is 2.63. The number of piperidine rings is 2. The number of alkyl halides is 3.